The summed E-state index contributed by atoms with van der Waals surface area (Å²) in [5.41, 5.74) is 1.00. The van der Waals surface area contributed by atoms with Crippen LogP contribution in [0.15, 0.2) is 45.8 Å². The maximum atomic E-state index is 5.97. The lowest BCUT2D eigenvalue weighted by molar-refractivity contribution is 0.114. The van der Waals surface area contributed by atoms with Gasteiger partial charge in [-0.25, -0.2) is 9.98 Å². The zero-order chi connectivity index (χ0) is 18.5. The van der Waals surface area contributed by atoms with E-state index in [1.165, 1.54) is 0 Å². The molecule has 1 fully saturated rings. The Morgan fingerprint density at radius 3 is 3.00 bits per heavy atom. The molecule has 2 aromatic heterocycles. The van der Waals surface area contributed by atoms with E-state index in [1.807, 2.05) is 30.3 Å². The molecule has 1 atom stereocenters. The molecule has 0 radical (unpaired) electrons. The third kappa shape index (κ3) is 4.48. The van der Waals surface area contributed by atoms with E-state index in [0.29, 0.717) is 6.54 Å². The summed E-state index contributed by atoms with van der Waals surface area (Å²) < 4.78 is 12.8. The number of aromatic nitrogens is 1. The van der Waals surface area contributed by atoms with Crippen molar-refractivity contribution in [2.24, 2.45) is 4.99 Å². The van der Waals surface area contributed by atoms with Crippen LogP contribution in [0.2, 0.25) is 0 Å². The van der Waals surface area contributed by atoms with Crippen LogP contribution in [-0.4, -0.2) is 36.7 Å². The van der Waals surface area contributed by atoms with E-state index < -0.39 is 0 Å². The zero-order valence-corrected chi connectivity index (χ0v) is 16.2. The summed E-state index contributed by atoms with van der Waals surface area (Å²) in [6, 6.07) is 12.1. The van der Waals surface area contributed by atoms with E-state index >= 15 is 0 Å². The van der Waals surface area contributed by atoms with E-state index in [9.17, 15) is 0 Å². The van der Waals surface area contributed by atoms with Crippen LogP contribution in [-0.2, 0) is 11.3 Å². The first-order valence-electron chi connectivity index (χ1n) is 9.40. The zero-order valence-electron chi connectivity index (χ0n) is 15.4. The number of aliphatic imine (C=N–C) groups is 1. The molecule has 1 aromatic carbocycles. The predicted molar refractivity (Wildman–Crippen MR) is 109 cm³/mol. The van der Waals surface area contributed by atoms with Gasteiger partial charge in [0.15, 0.2) is 16.7 Å². The molecule has 0 spiro atoms. The fraction of sp³-hybridized carbons (Fsp3) is 0.400. The number of hydrogen-bond donors (Lipinski definition) is 2. The molecule has 6 nitrogen and oxygen atoms in total. The molecule has 27 heavy (non-hydrogen) atoms. The highest BCUT2D eigenvalue weighted by atomic mass is 32.1. The summed E-state index contributed by atoms with van der Waals surface area (Å²) >= 11 is 1.64. The lowest BCUT2D eigenvalue weighted by Crippen LogP contribution is -2.41. The second-order valence-corrected chi connectivity index (χ2v) is 7.49. The van der Waals surface area contributed by atoms with Gasteiger partial charge in [-0.1, -0.05) is 12.1 Å². The number of guanidine groups is 1. The van der Waals surface area contributed by atoms with Gasteiger partial charge in [-0.15, -0.1) is 11.3 Å². The first-order chi connectivity index (χ1) is 13.3. The third-order valence-corrected chi connectivity index (χ3v) is 5.48. The average molecular weight is 385 g/mol. The topological polar surface area (TPSA) is 71.7 Å². The molecule has 0 bridgehead atoms. The van der Waals surface area contributed by atoms with Gasteiger partial charge in [-0.3, -0.25) is 0 Å². The molecule has 1 aliphatic rings. The van der Waals surface area contributed by atoms with Crippen molar-refractivity contribution >= 4 is 27.5 Å². The summed E-state index contributed by atoms with van der Waals surface area (Å²) in [5, 5.41) is 7.51. The number of furan rings is 1. The molecular weight excluding hydrogens is 360 g/mol. The van der Waals surface area contributed by atoms with Gasteiger partial charge < -0.3 is 19.8 Å². The van der Waals surface area contributed by atoms with Crippen molar-refractivity contribution < 1.29 is 9.15 Å². The summed E-state index contributed by atoms with van der Waals surface area (Å²) in [6.07, 6.45) is 2.53. The quantitative estimate of drug-likeness (QED) is 0.500. The number of nitrogens with one attached hydrogen (secondary N) is 2. The Kier molecular flexibility index (Phi) is 5.69. The number of nitrogens with zero attached hydrogens (tertiary/aromatic N) is 2. The van der Waals surface area contributed by atoms with Gasteiger partial charge in [0.05, 0.1) is 16.3 Å². The van der Waals surface area contributed by atoms with Crippen molar-refractivity contribution in [2.75, 3.05) is 19.7 Å². The van der Waals surface area contributed by atoms with Gasteiger partial charge in [-0.05, 0) is 44.0 Å². The monoisotopic (exact) mass is 384 g/mol. The molecule has 2 N–H and O–H groups in total. The van der Waals surface area contributed by atoms with Crippen molar-refractivity contribution in [3.63, 3.8) is 0 Å². The number of thiazole rings is 1. The van der Waals surface area contributed by atoms with Gasteiger partial charge >= 0.3 is 0 Å². The summed E-state index contributed by atoms with van der Waals surface area (Å²) in [4.78, 5) is 9.27. The number of rotatable bonds is 6. The van der Waals surface area contributed by atoms with Crippen LogP contribution >= 0.6 is 11.3 Å². The van der Waals surface area contributed by atoms with Crippen LogP contribution in [0, 0.1) is 0 Å². The Morgan fingerprint density at radius 2 is 2.19 bits per heavy atom. The Morgan fingerprint density at radius 1 is 1.26 bits per heavy atom. The molecule has 142 valence electrons. The highest BCUT2D eigenvalue weighted by molar-refractivity contribution is 7.21. The Hall–Kier alpha value is -2.38. The van der Waals surface area contributed by atoms with Crippen molar-refractivity contribution in [1.29, 1.82) is 0 Å². The summed E-state index contributed by atoms with van der Waals surface area (Å²) in [5.74, 6) is 2.39. The van der Waals surface area contributed by atoms with Crippen LogP contribution in [0.4, 0.5) is 0 Å². The smallest absolute Gasteiger partial charge is 0.191 e. The van der Waals surface area contributed by atoms with Crippen LogP contribution in [0.25, 0.3) is 21.0 Å². The van der Waals surface area contributed by atoms with Crippen molar-refractivity contribution in [3.8, 4) is 10.8 Å². The minimum atomic E-state index is 0.281. The Labute approximate surface area is 162 Å². The molecule has 0 aliphatic carbocycles. The van der Waals surface area contributed by atoms with E-state index in [-0.39, 0.29) is 6.10 Å². The Bertz CT molecular complexity index is 878. The minimum absolute atomic E-state index is 0.281. The summed E-state index contributed by atoms with van der Waals surface area (Å²) in [7, 11) is 0. The number of ether oxygens (including phenoxy) is 1. The van der Waals surface area contributed by atoms with Crippen LogP contribution < -0.4 is 10.6 Å². The number of hydrogen-bond acceptors (Lipinski definition) is 5. The normalized spacial score (nSPS) is 17.5. The average Bonchev–Trinajstić information content (AvgIpc) is 3.44. The van der Waals surface area contributed by atoms with Gasteiger partial charge in [0.2, 0.25) is 0 Å². The fourth-order valence-electron chi connectivity index (χ4n) is 3.07. The molecule has 3 heterocycles. The third-order valence-electron chi connectivity index (χ3n) is 4.42. The highest BCUT2D eigenvalue weighted by Crippen LogP contribution is 2.31. The maximum Gasteiger partial charge on any atom is 0.191 e. The van der Waals surface area contributed by atoms with Crippen LogP contribution in [0.1, 0.15) is 25.5 Å². The largest absolute Gasteiger partial charge is 0.457 e. The number of para-hydroxylation sites is 1. The molecular formula is C20H24N4O2S. The fourth-order valence-corrected chi connectivity index (χ4v) is 4.00. The van der Waals surface area contributed by atoms with Gasteiger partial charge in [0.25, 0.3) is 0 Å². The number of benzene rings is 1. The van der Waals surface area contributed by atoms with E-state index in [4.69, 9.17) is 9.15 Å². The lowest BCUT2D eigenvalue weighted by Gasteiger charge is -2.14. The maximum absolute atomic E-state index is 5.97. The van der Waals surface area contributed by atoms with Gasteiger partial charge in [-0.2, -0.15) is 0 Å². The first kappa shape index (κ1) is 18.0. The van der Waals surface area contributed by atoms with Crippen LogP contribution in [0.3, 0.4) is 0 Å². The second kappa shape index (κ2) is 8.54. The second-order valence-electron chi connectivity index (χ2n) is 6.46. The Balaban J connectivity index is 1.41. The first-order valence-corrected chi connectivity index (χ1v) is 10.2. The minimum Gasteiger partial charge on any atom is -0.457 e. The number of fused-ring (bicyclic) bond motifs is 1. The lowest BCUT2D eigenvalue weighted by atomic mass is 10.2. The van der Waals surface area contributed by atoms with E-state index in [0.717, 1.165) is 65.2 Å². The van der Waals surface area contributed by atoms with Gasteiger partial charge in [0.1, 0.15) is 12.3 Å². The van der Waals surface area contributed by atoms with Crippen molar-refractivity contribution in [3.05, 3.63) is 42.2 Å². The van der Waals surface area contributed by atoms with Crippen LogP contribution in [0.5, 0.6) is 0 Å². The molecule has 1 saturated heterocycles. The molecule has 4 rings (SSSR count). The molecule has 1 aliphatic heterocycles. The van der Waals surface area contributed by atoms with Gasteiger partial charge in [0, 0.05) is 19.7 Å². The molecule has 1 unspecified atom stereocenters. The van der Waals surface area contributed by atoms with E-state index in [1.54, 1.807) is 11.3 Å². The molecule has 0 saturated carbocycles. The van der Waals surface area contributed by atoms with Crippen molar-refractivity contribution in [2.45, 2.75) is 32.4 Å². The SMILES string of the molecule is CCNC(=NCc1ccc(-c2nc3ccccc3s2)o1)NCC1CCCO1. The summed E-state index contributed by atoms with van der Waals surface area (Å²) in [6.45, 7) is 4.99. The highest BCUT2D eigenvalue weighted by Gasteiger charge is 2.15. The standard InChI is InChI=1S/C20H24N4O2S/c1-2-21-20(22-12-14-6-5-11-25-14)23-13-15-9-10-17(26-15)19-24-16-7-3-4-8-18(16)27-19/h3-4,7-10,14H,2,5-6,11-13H2,1H3,(H2,21,22,23). The van der Waals surface area contributed by atoms with E-state index in [2.05, 4.69) is 33.6 Å². The molecule has 0 amide bonds. The van der Waals surface area contributed by atoms with Crippen molar-refractivity contribution in [1.82, 2.24) is 15.6 Å². The molecule has 7 heteroatoms. The molecule has 3 aromatic rings. The predicted octanol–water partition coefficient (Wildman–Crippen LogP) is 3.79.